The van der Waals surface area contributed by atoms with Gasteiger partial charge in [0.25, 0.3) is 11.8 Å². The van der Waals surface area contributed by atoms with E-state index in [0.717, 1.165) is 51.4 Å². The van der Waals surface area contributed by atoms with Gasteiger partial charge in [-0.2, -0.15) is 9.46 Å². The Morgan fingerprint density at radius 2 is 1.72 bits per heavy atom. The van der Waals surface area contributed by atoms with Gasteiger partial charge < -0.3 is 25.2 Å². The SMILES string of the molecule is Cc1cc(C(=O)Nc2cccc(C#Cc3cncc(C(=O)N=[S@@](CCCN4CCN(CCOCCO)CC4)c4ccccc4O)c3)c2)n(C)n1. The average molecular weight is 698 g/mol. The lowest BCUT2D eigenvalue weighted by molar-refractivity contribution is 0.0577. The summed E-state index contributed by atoms with van der Waals surface area (Å²) < 4.78 is 11.5. The molecule has 1 atom stereocenters. The maximum atomic E-state index is 13.5. The van der Waals surface area contributed by atoms with Gasteiger partial charge in [0.15, 0.2) is 0 Å². The number of aryl methyl sites for hydroxylation is 2. The number of para-hydroxylation sites is 1. The van der Waals surface area contributed by atoms with Gasteiger partial charge >= 0.3 is 0 Å². The molecule has 2 aromatic carbocycles. The van der Waals surface area contributed by atoms with Crippen LogP contribution in [0, 0.1) is 18.8 Å². The third-order valence-electron chi connectivity index (χ3n) is 8.07. The van der Waals surface area contributed by atoms with E-state index in [2.05, 4.69) is 41.4 Å². The average Bonchev–Trinajstić information content (AvgIpc) is 3.47. The lowest BCUT2D eigenvalue weighted by atomic mass is 10.1. The third kappa shape index (κ3) is 10.6. The van der Waals surface area contributed by atoms with Crippen LogP contribution in [-0.2, 0) is 22.5 Å². The van der Waals surface area contributed by atoms with Crippen LogP contribution in [0.4, 0.5) is 5.69 Å². The van der Waals surface area contributed by atoms with Gasteiger partial charge in [0, 0.05) is 74.7 Å². The van der Waals surface area contributed by atoms with Gasteiger partial charge in [-0.3, -0.25) is 24.2 Å². The Labute approximate surface area is 295 Å². The molecular formula is C37H43N7O5S. The van der Waals surface area contributed by atoms with Crippen molar-refractivity contribution in [1.82, 2.24) is 24.6 Å². The number of hydrogen-bond acceptors (Lipinski definition) is 9. The van der Waals surface area contributed by atoms with Crippen LogP contribution in [0.1, 0.15) is 44.1 Å². The molecule has 5 rings (SSSR count). The zero-order valence-corrected chi connectivity index (χ0v) is 29.2. The molecular weight excluding hydrogens is 655 g/mol. The highest BCUT2D eigenvalue weighted by Gasteiger charge is 2.18. The molecule has 262 valence electrons. The molecule has 0 radical (unpaired) electrons. The number of nitrogens with one attached hydrogen (secondary N) is 1. The summed E-state index contributed by atoms with van der Waals surface area (Å²) in [5, 5.41) is 26.6. The summed E-state index contributed by atoms with van der Waals surface area (Å²) in [6, 6.07) is 17.6. The minimum absolute atomic E-state index is 0.0419. The number of carbonyl (C=O) groups excluding carboxylic acids is 2. The molecule has 0 spiro atoms. The van der Waals surface area contributed by atoms with Crippen molar-refractivity contribution in [3.63, 3.8) is 0 Å². The van der Waals surface area contributed by atoms with Crippen LogP contribution in [0.5, 0.6) is 5.75 Å². The molecule has 1 fully saturated rings. The van der Waals surface area contributed by atoms with Crippen LogP contribution in [0.2, 0.25) is 0 Å². The van der Waals surface area contributed by atoms with Gasteiger partial charge in [-0.05, 0) is 62.4 Å². The molecule has 12 nitrogen and oxygen atoms in total. The van der Waals surface area contributed by atoms with Crippen molar-refractivity contribution >= 4 is 28.2 Å². The number of hydrogen-bond donors (Lipinski definition) is 3. The standard InChI is InChI=1S/C37H43N7O5S/c1-28-23-33(42(2)40-28)37(48)39-32-8-5-7-29(25-32)11-12-30-24-31(27-38-26-30)36(47)41-50(35-10-4-3-9-34(35)46)22-6-13-43-14-16-44(17-15-43)18-20-49-21-19-45/h3-5,7-10,23-27,45-46H,6,13-22H2,1-2H3,(H,39,48)/t50-/m0/s1. The monoisotopic (exact) mass is 697 g/mol. The maximum Gasteiger partial charge on any atom is 0.284 e. The highest BCUT2D eigenvalue weighted by atomic mass is 32.2. The lowest BCUT2D eigenvalue weighted by Gasteiger charge is -2.34. The Bertz CT molecular complexity index is 1870. The summed E-state index contributed by atoms with van der Waals surface area (Å²) in [5.41, 5.74) is 3.35. The van der Waals surface area contributed by atoms with E-state index in [9.17, 15) is 14.7 Å². The Morgan fingerprint density at radius 3 is 2.46 bits per heavy atom. The molecule has 2 aromatic heterocycles. The van der Waals surface area contributed by atoms with E-state index in [0.29, 0.717) is 51.9 Å². The second-order valence-corrected chi connectivity index (χ2v) is 13.6. The minimum Gasteiger partial charge on any atom is -0.507 e. The molecule has 3 N–H and O–H groups in total. The number of pyridine rings is 1. The van der Waals surface area contributed by atoms with Crippen LogP contribution in [-0.4, -0.2) is 111 Å². The van der Waals surface area contributed by atoms with E-state index in [4.69, 9.17) is 9.84 Å². The fraction of sp³-hybridized carbons (Fsp3) is 0.351. The first-order chi connectivity index (χ1) is 24.3. The number of amides is 2. The van der Waals surface area contributed by atoms with Crippen molar-refractivity contribution < 1.29 is 24.5 Å². The third-order valence-corrected chi connectivity index (χ3v) is 9.98. The quantitative estimate of drug-likeness (QED) is 0.141. The van der Waals surface area contributed by atoms with Crippen molar-refractivity contribution in [2.75, 3.05) is 70.2 Å². The predicted molar refractivity (Wildman–Crippen MR) is 193 cm³/mol. The molecule has 0 bridgehead atoms. The van der Waals surface area contributed by atoms with E-state index < -0.39 is 16.6 Å². The Morgan fingerprint density at radius 1 is 0.960 bits per heavy atom. The fourth-order valence-electron chi connectivity index (χ4n) is 5.50. The zero-order chi connectivity index (χ0) is 35.3. The Balaban J connectivity index is 1.22. The highest BCUT2D eigenvalue weighted by Crippen LogP contribution is 2.23. The number of ether oxygens (including phenoxy) is 1. The van der Waals surface area contributed by atoms with Crippen molar-refractivity contribution in [3.05, 3.63) is 101 Å². The minimum atomic E-state index is -0.862. The Hall–Kier alpha value is -4.71. The second kappa shape index (κ2) is 18.3. The summed E-state index contributed by atoms with van der Waals surface area (Å²) >= 11 is 0. The molecule has 1 aliphatic rings. The number of aromatic hydroxyl groups is 1. The van der Waals surface area contributed by atoms with Gasteiger partial charge in [-0.1, -0.05) is 40.7 Å². The first kappa shape index (κ1) is 36.6. The Kier molecular flexibility index (Phi) is 13.4. The molecule has 1 saturated heterocycles. The lowest BCUT2D eigenvalue weighted by Crippen LogP contribution is -2.47. The number of nitrogens with zero attached hydrogens (tertiary/aromatic N) is 6. The van der Waals surface area contributed by atoms with Gasteiger partial charge in [0.1, 0.15) is 11.4 Å². The molecule has 13 heteroatoms. The smallest absolute Gasteiger partial charge is 0.284 e. The molecule has 50 heavy (non-hydrogen) atoms. The largest absolute Gasteiger partial charge is 0.507 e. The number of aliphatic hydroxyl groups excluding tert-OH is 1. The van der Waals surface area contributed by atoms with Crippen molar-refractivity contribution in [1.29, 1.82) is 0 Å². The molecule has 0 unspecified atom stereocenters. The number of benzene rings is 2. The van der Waals surface area contributed by atoms with E-state index in [1.54, 1.807) is 49.6 Å². The zero-order valence-electron chi connectivity index (χ0n) is 28.4. The van der Waals surface area contributed by atoms with Gasteiger partial charge in [0.05, 0.1) is 36.0 Å². The number of aromatic nitrogens is 3. The van der Waals surface area contributed by atoms with Gasteiger partial charge in [-0.25, -0.2) is 0 Å². The summed E-state index contributed by atoms with van der Waals surface area (Å²) in [5.74, 6) is 6.22. The van der Waals surface area contributed by atoms with E-state index in [-0.39, 0.29) is 18.3 Å². The fourth-order valence-corrected chi connectivity index (χ4v) is 7.16. The maximum absolute atomic E-state index is 13.5. The van der Waals surface area contributed by atoms with Crippen LogP contribution in [0.3, 0.4) is 0 Å². The summed E-state index contributed by atoms with van der Waals surface area (Å²) in [4.78, 5) is 35.9. The van der Waals surface area contributed by atoms with E-state index >= 15 is 0 Å². The van der Waals surface area contributed by atoms with Crippen molar-refractivity contribution in [2.24, 2.45) is 11.4 Å². The normalized spacial score (nSPS) is 14.2. The van der Waals surface area contributed by atoms with Gasteiger partial charge in [-0.15, -0.1) is 0 Å². The van der Waals surface area contributed by atoms with Gasteiger partial charge in [0.2, 0.25) is 0 Å². The molecule has 2 amide bonds. The highest BCUT2D eigenvalue weighted by molar-refractivity contribution is 7.87. The second-order valence-electron chi connectivity index (χ2n) is 11.8. The molecule has 1 aliphatic heterocycles. The summed E-state index contributed by atoms with van der Waals surface area (Å²) in [6.07, 6.45) is 3.89. The number of phenols is 1. The van der Waals surface area contributed by atoms with Crippen LogP contribution >= 0.6 is 0 Å². The number of piperazine rings is 1. The summed E-state index contributed by atoms with van der Waals surface area (Å²) in [6.45, 7) is 8.39. The van der Waals surface area contributed by atoms with E-state index in [1.165, 1.54) is 10.9 Å². The van der Waals surface area contributed by atoms with Crippen LogP contribution in [0.25, 0.3) is 0 Å². The molecule has 0 saturated carbocycles. The van der Waals surface area contributed by atoms with Crippen molar-refractivity contribution in [2.45, 2.75) is 18.2 Å². The molecule has 4 aromatic rings. The topological polar surface area (TPSA) is 145 Å². The number of rotatable bonds is 13. The first-order valence-electron chi connectivity index (χ1n) is 16.6. The van der Waals surface area contributed by atoms with Crippen LogP contribution < -0.4 is 5.32 Å². The van der Waals surface area contributed by atoms with E-state index in [1.807, 2.05) is 31.2 Å². The number of anilines is 1. The van der Waals surface area contributed by atoms with Crippen LogP contribution in [0.15, 0.2) is 82.3 Å². The number of phenolic OH excluding ortho intramolecular Hbond substituents is 1. The number of carbonyl (C=O) groups is 2. The number of aliphatic hydroxyl groups is 1. The predicted octanol–water partition coefficient (Wildman–Crippen LogP) is 3.50. The first-order valence-corrected chi connectivity index (χ1v) is 17.9. The summed E-state index contributed by atoms with van der Waals surface area (Å²) in [7, 11) is 0.862. The molecule has 3 heterocycles. The molecule has 0 aliphatic carbocycles. The van der Waals surface area contributed by atoms with Crippen molar-refractivity contribution in [3.8, 4) is 17.6 Å².